The van der Waals surface area contributed by atoms with Crippen LogP contribution in [0.25, 0.3) is 0 Å². The van der Waals surface area contributed by atoms with E-state index in [2.05, 4.69) is 10.6 Å². The molecule has 0 spiro atoms. The summed E-state index contributed by atoms with van der Waals surface area (Å²) in [5.74, 6) is 0.611. The molecule has 0 radical (unpaired) electrons. The molecule has 2 aliphatic rings. The van der Waals surface area contributed by atoms with Gasteiger partial charge in [0.2, 0.25) is 11.8 Å². The number of morpholine rings is 1. The molecular weight excluding hydrogens is 258 g/mol. The molecule has 2 fully saturated rings. The van der Waals surface area contributed by atoms with E-state index in [1.807, 2.05) is 0 Å². The van der Waals surface area contributed by atoms with Crippen LogP contribution in [-0.2, 0) is 14.3 Å². The summed E-state index contributed by atoms with van der Waals surface area (Å²) in [5.41, 5.74) is 0. The molecule has 6 heteroatoms. The molecule has 0 bridgehead atoms. The largest absolute Gasteiger partial charge is 0.378 e. The van der Waals surface area contributed by atoms with Gasteiger partial charge in [0.15, 0.2) is 0 Å². The fourth-order valence-corrected chi connectivity index (χ4v) is 2.71. The average Bonchev–Trinajstić information content (AvgIpc) is 2.49. The highest BCUT2D eigenvalue weighted by Gasteiger charge is 2.18. The van der Waals surface area contributed by atoms with E-state index < -0.39 is 0 Å². The summed E-state index contributed by atoms with van der Waals surface area (Å²) in [6.07, 6.45) is 3.22. The number of nitrogens with one attached hydrogen (secondary N) is 2. The van der Waals surface area contributed by atoms with Crippen LogP contribution in [0.2, 0.25) is 0 Å². The summed E-state index contributed by atoms with van der Waals surface area (Å²) >= 11 is 0. The van der Waals surface area contributed by atoms with Crippen molar-refractivity contribution in [2.75, 3.05) is 45.9 Å². The Bertz CT molecular complexity index is 324. The lowest BCUT2D eigenvalue weighted by atomic mass is 9.96. The van der Waals surface area contributed by atoms with Gasteiger partial charge in [0.05, 0.1) is 13.2 Å². The van der Waals surface area contributed by atoms with Crippen molar-refractivity contribution in [2.45, 2.75) is 25.7 Å². The fraction of sp³-hybridized carbons (Fsp3) is 0.857. The lowest BCUT2D eigenvalue weighted by Crippen LogP contribution is -2.42. The highest BCUT2D eigenvalue weighted by Crippen LogP contribution is 2.13. The molecule has 20 heavy (non-hydrogen) atoms. The molecule has 2 saturated heterocycles. The highest BCUT2D eigenvalue weighted by atomic mass is 16.5. The molecule has 2 aliphatic heterocycles. The Morgan fingerprint density at radius 2 is 2.10 bits per heavy atom. The quantitative estimate of drug-likeness (QED) is 0.729. The van der Waals surface area contributed by atoms with Gasteiger partial charge in [-0.05, 0) is 31.8 Å². The van der Waals surface area contributed by atoms with Crippen LogP contribution in [0.5, 0.6) is 0 Å². The first-order chi connectivity index (χ1) is 9.75. The minimum Gasteiger partial charge on any atom is -0.378 e. The Kier molecular flexibility index (Phi) is 6.26. The zero-order chi connectivity index (χ0) is 14.2. The normalized spacial score (nSPS) is 23.4. The monoisotopic (exact) mass is 283 g/mol. The summed E-state index contributed by atoms with van der Waals surface area (Å²) in [7, 11) is 0. The molecule has 2 amide bonds. The van der Waals surface area contributed by atoms with E-state index in [0.29, 0.717) is 51.6 Å². The SMILES string of the molecule is O=C(CC1CCCNC1)NCCC(=O)N1CCOCC1. The Morgan fingerprint density at radius 1 is 1.30 bits per heavy atom. The molecule has 0 aromatic rings. The molecule has 1 atom stereocenters. The second kappa shape index (κ2) is 8.21. The number of ether oxygens (including phenoxy) is 1. The van der Waals surface area contributed by atoms with Crippen molar-refractivity contribution in [1.29, 1.82) is 0 Å². The van der Waals surface area contributed by atoms with Crippen LogP contribution in [-0.4, -0.2) is 62.7 Å². The zero-order valence-electron chi connectivity index (χ0n) is 12.0. The summed E-state index contributed by atoms with van der Waals surface area (Å²) in [6, 6.07) is 0. The minimum absolute atomic E-state index is 0.0634. The van der Waals surface area contributed by atoms with E-state index >= 15 is 0 Å². The van der Waals surface area contributed by atoms with E-state index in [4.69, 9.17) is 4.74 Å². The van der Waals surface area contributed by atoms with Crippen molar-refractivity contribution in [3.63, 3.8) is 0 Å². The number of nitrogens with zero attached hydrogens (tertiary/aromatic N) is 1. The number of piperidine rings is 1. The van der Waals surface area contributed by atoms with Gasteiger partial charge < -0.3 is 20.3 Å². The molecular formula is C14H25N3O3. The molecule has 0 aromatic heterocycles. The van der Waals surface area contributed by atoms with E-state index in [-0.39, 0.29) is 11.8 Å². The van der Waals surface area contributed by atoms with Gasteiger partial charge in [0.25, 0.3) is 0 Å². The highest BCUT2D eigenvalue weighted by molar-refractivity contribution is 5.79. The van der Waals surface area contributed by atoms with Crippen LogP contribution in [0.3, 0.4) is 0 Å². The second-order valence-electron chi connectivity index (χ2n) is 5.51. The van der Waals surface area contributed by atoms with Gasteiger partial charge in [-0.1, -0.05) is 0 Å². The van der Waals surface area contributed by atoms with E-state index in [9.17, 15) is 9.59 Å². The third-order valence-corrected chi connectivity index (χ3v) is 3.90. The summed E-state index contributed by atoms with van der Waals surface area (Å²) in [6.45, 7) is 5.00. The summed E-state index contributed by atoms with van der Waals surface area (Å²) in [4.78, 5) is 25.5. The molecule has 114 valence electrons. The summed E-state index contributed by atoms with van der Waals surface area (Å²) in [5, 5.41) is 6.16. The predicted molar refractivity (Wildman–Crippen MR) is 75.2 cm³/mol. The number of carbonyl (C=O) groups is 2. The van der Waals surface area contributed by atoms with Crippen molar-refractivity contribution in [2.24, 2.45) is 5.92 Å². The Hall–Kier alpha value is -1.14. The number of carbonyl (C=O) groups excluding carboxylic acids is 2. The maximum Gasteiger partial charge on any atom is 0.224 e. The average molecular weight is 283 g/mol. The predicted octanol–water partition coefficient (Wildman–Crippen LogP) is -0.259. The van der Waals surface area contributed by atoms with Gasteiger partial charge >= 0.3 is 0 Å². The Labute approximate surface area is 120 Å². The van der Waals surface area contributed by atoms with Gasteiger partial charge in [0, 0.05) is 32.5 Å². The van der Waals surface area contributed by atoms with Gasteiger partial charge in [-0.25, -0.2) is 0 Å². The van der Waals surface area contributed by atoms with Crippen molar-refractivity contribution in [1.82, 2.24) is 15.5 Å². The molecule has 6 nitrogen and oxygen atoms in total. The van der Waals surface area contributed by atoms with E-state index in [1.165, 1.54) is 0 Å². The lowest BCUT2D eigenvalue weighted by molar-refractivity contribution is -0.135. The second-order valence-corrected chi connectivity index (χ2v) is 5.51. The topological polar surface area (TPSA) is 70.7 Å². The van der Waals surface area contributed by atoms with Gasteiger partial charge in [-0.15, -0.1) is 0 Å². The lowest BCUT2D eigenvalue weighted by Gasteiger charge is -2.27. The maximum atomic E-state index is 11.9. The Balaban J connectivity index is 1.57. The molecule has 1 unspecified atom stereocenters. The van der Waals surface area contributed by atoms with Crippen molar-refractivity contribution >= 4 is 11.8 Å². The smallest absolute Gasteiger partial charge is 0.224 e. The number of hydrogen-bond donors (Lipinski definition) is 2. The van der Waals surface area contributed by atoms with Gasteiger partial charge in [0.1, 0.15) is 0 Å². The van der Waals surface area contributed by atoms with E-state index in [1.54, 1.807) is 4.90 Å². The third-order valence-electron chi connectivity index (χ3n) is 3.90. The van der Waals surface area contributed by atoms with Crippen molar-refractivity contribution in [3.8, 4) is 0 Å². The maximum absolute atomic E-state index is 11.9. The number of hydrogen-bond acceptors (Lipinski definition) is 4. The number of rotatable bonds is 5. The Morgan fingerprint density at radius 3 is 2.80 bits per heavy atom. The van der Waals surface area contributed by atoms with Crippen LogP contribution < -0.4 is 10.6 Å². The molecule has 2 heterocycles. The first kappa shape index (κ1) is 15.3. The van der Waals surface area contributed by atoms with Crippen LogP contribution in [0, 0.1) is 5.92 Å². The first-order valence-corrected chi connectivity index (χ1v) is 7.58. The molecule has 0 aliphatic carbocycles. The van der Waals surface area contributed by atoms with Crippen LogP contribution in [0.4, 0.5) is 0 Å². The van der Waals surface area contributed by atoms with Crippen molar-refractivity contribution < 1.29 is 14.3 Å². The number of amides is 2. The van der Waals surface area contributed by atoms with E-state index in [0.717, 1.165) is 25.9 Å². The van der Waals surface area contributed by atoms with Crippen molar-refractivity contribution in [3.05, 3.63) is 0 Å². The first-order valence-electron chi connectivity index (χ1n) is 7.58. The molecule has 2 rings (SSSR count). The zero-order valence-corrected chi connectivity index (χ0v) is 12.0. The van der Waals surface area contributed by atoms with Crippen LogP contribution in [0.1, 0.15) is 25.7 Å². The standard InChI is InChI=1S/C14H25N3O3/c18-13(10-12-2-1-4-15-11-12)16-5-3-14(19)17-6-8-20-9-7-17/h12,15H,1-11H2,(H,16,18). The van der Waals surface area contributed by atoms with Crippen LogP contribution in [0.15, 0.2) is 0 Å². The van der Waals surface area contributed by atoms with Gasteiger partial charge in [-0.3, -0.25) is 9.59 Å². The fourth-order valence-electron chi connectivity index (χ4n) is 2.71. The minimum atomic E-state index is 0.0634. The molecule has 0 aromatic carbocycles. The molecule has 2 N–H and O–H groups in total. The third kappa shape index (κ3) is 5.09. The van der Waals surface area contributed by atoms with Gasteiger partial charge in [-0.2, -0.15) is 0 Å². The van der Waals surface area contributed by atoms with Crippen LogP contribution >= 0.6 is 0 Å². The summed E-state index contributed by atoms with van der Waals surface area (Å²) < 4.78 is 5.21. The molecule has 0 saturated carbocycles.